The fraction of sp³-hybridized carbons (Fsp3) is 0.667. The second kappa shape index (κ2) is 8.57. The molecule has 2 aromatic rings. The molecule has 0 spiro atoms. The quantitative estimate of drug-likeness (QED) is 0.687. The fourth-order valence-corrected chi connectivity index (χ4v) is 4.33. The first-order valence-electron chi connectivity index (χ1n) is 10.8. The van der Waals surface area contributed by atoms with Crippen molar-refractivity contribution in [2.24, 2.45) is 5.92 Å². The Hall–Kier alpha value is -2.35. The number of likely N-dealkylation sites (N-methyl/N-ethyl adjacent to an activating group) is 1. The molecule has 1 unspecified atom stereocenters. The molecular weight excluding hydrogens is 366 g/mol. The van der Waals surface area contributed by atoms with Crippen LogP contribution in [0.25, 0.3) is 0 Å². The van der Waals surface area contributed by atoms with Crippen molar-refractivity contribution in [2.45, 2.75) is 77.7 Å². The molecule has 158 valence electrons. The van der Waals surface area contributed by atoms with Gasteiger partial charge in [0, 0.05) is 31.9 Å². The smallest absolute Gasteiger partial charge is 0.225 e. The van der Waals surface area contributed by atoms with Crippen LogP contribution in [-0.4, -0.2) is 44.2 Å². The van der Waals surface area contributed by atoms with Crippen LogP contribution in [0.4, 0.5) is 17.5 Å². The maximum absolute atomic E-state index is 10.1. The normalized spacial score (nSPS) is 22.3. The molecule has 3 N–H and O–H groups in total. The number of anilines is 3. The molecule has 0 bridgehead atoms. The van der Waals surface area contributed by atoms with E-state index in [1.807, 2.05) is 32.0 Å². The lowest BCUT2D eigenvalue weighted by atomic mass is 9.87. The predicted molar refractivity (Wildman–Crippen MR) is 115 cm³/mol. The number of aromatic nitrogens is 4. The van der Waals surface area contributed by atoms with E-state index in [1.54, 1.807) is 0 Å². The van der Waals surface area contributed by atoms with Crippen molar-refractivity contribution in [1.82, 2.24) is 19.7 Å². The van der Waals surface area contributed by atoms with Crippen molar-refractivity contribution in [2.75, 3.05) is 22.6 Å². The van der Waals surface area contributed by atoms with Gasteiger partial charge in [-0.2, -0.15) is 10.1 Å². The molecule has 2 atom stereocenters. The highest BCUT2D eigenvalue weighted by Crippen LogP contribution is 2.33. The standard InChI is InChI=1S/C21H33N7O/c1-14-18-19(27(3)15(2)20(29)25-18)26-21(24-14)22-11-17-12-23-28(13-17)10-9-16-7-5-4-6-8-16/h12-13,15-16,20,25,29H,4-11H2,1-3H3,(H,22,24,26)/t15-,20?/m0/s1. The molecular formula is C21H33N7O. The number of hydrogen-bond donors (Lipinski definition) is 3. The molecule has 29 heavy (non-hydrogen) atoms. The van der Waals surface area contributed by atoms with Crippen molar-refractivity contribution in [3.05, 3.63) is 23.7 Å². The van der Waals surface area contributed by atoms with E-state index in [-0.39, 0.29) is 6.04 Å². The summed E-state index contributed by atoms with van der Waals surface area (Å²) >= 11 is 0. The van der Waals surface area contributed by atoms with Crippen LogP contribution in [-0.2, 0) is 13.1 Å². The third-order valence-electron chi connectivity index (χ3n) is 6.39. The van der Waals surface area contributed by atoms with Gasteiger partial charge in [-0.25, -0.2) is 4.98 Å². The van der Waals surface area contributed by atoms with E-state index in [9.17, 15) is 5.11 Å². The fourth-order valence-electron chi connectivity index (χ4n) is 4.33. The number of fused-ring (bicyclic) bond motifs is 1. The first-order chi connectivity index (χ1) is 14.0. The summed E-state index contributed by atoms with van der Waals surface area (Å²) in [4.78, 5) is 11.2. The van der Waals surface area contributed by atoms with Gasteiger partial charge in [0.1, 0.15) is 11.9 Å². The number of rotatable bonds is 6. The van der Waals surface area contributed by atoms with E-state index in [0.717, 1.165) is 35.2 Å². The Morgan fingerprint density at radius 2 is 2.03 bits per heavy atom. The first kappa shape index (κ1) is 19.9. The van der Waals surface area contributed by atoms with Gasteiger partial charge < -0.3 is 20.6 Å². The highest BCUT2D eigenvalue weighted by molar-refractivity contribution is 5.72. The summed E-state index contributed by atoms with van der Waals surface area (Å²) in [5, 5.41) is 21.1. The van der Waals surface area contributed by atoms with Gasteiger partial charge in [-0.05, 0) is 26.2 Å². The second-order valence-electron chi connectivity index (χ2n) is 8.53. The molecule has 0 aromatic carbocycles. The molecule has 8 nitrogen and oxygen atoms in total. The van der Waals surface area contributed by atoms with Gasteiger partial charge in [0.25, 0.3) is 0 Å². The maximum Gasteiger partial charge on any atom is 0.225 e. The summed E-state index contributed by atoms with van der Waals surface area (Å²) in [6.45, 7) is 5.53. The van der Waals surface area contributed by atoms with Gasteiger partial charge >= 0.3 is 0 Å². The molecule has 0 amide bonds. The Kier molecular flexibility index (Phi) is 5.89. The molecule has 2 aromatic heterocycles. The SMILES string of the molecule is Cc1nc(NCc2cnn(CCC3CCCCC3)c2)nc2c1NC(O)[C@H](C)N2C. The average molecular weight is 400 g/mol. The highest BCUT2D eigenvalue weighted by atomic mass is 16.3. The molecule has 3 heterocycles. The summed E-state index contributed by atoms with van der Waals surface area (Å²) in [6.07, 6.45) is 11.6. The lowest BCUT2D eigenvalue weighted by Crippen LogP contribution is -2.48. The molecule has 4 rings (SSSR count). The van der Waals surface area contributed by atoms with Gasteiger partial charge in [-0.3, -0.25) is 4.68 Å². The van der Waals surface area contributed by atoms with Crippen LogP contribution >= 0.6 is 0 Å². The van der Waals surface area contributed by atoms with Crippen LogP contribution in [0.5, 0.6) is 0 Å². The van der Waals surface area contributed by atoms with E-state index in [2.05, 4.69) is 36.6 Å². The Morgan fingerprint density at radius 1 is 1.24 bits per heavy atom. The summed E-state index contributed by atoms with van der Waals surface area (Å²) in [5.74, 6) is 2.27. The molecule has 2 aliphatic rings. The summed E-state index contributed by atoms with van der Waals surface area (Å²) < 4.78 is 2.06. The molecule has 0 saturated heterocycles. The molecule has 0 radical (unpaired) electrons. The lowest BCUT2D eigenvalue weighted by molar-refractivity contribution is 0.172. The van der Waals surface area contributed by atoms with Crippen LogP contribution in [0.2, 0.25) is 0 Å². The van der Waals surface area contributed by atoms with Crippen molar-refractivity contribution in [1.29, 1.82) is 0 Å². The number of hydrogen-bond acceptors (Lipinski definition) is 7. The topological polar surface area (TPSA) is 91.1 Å². The summed E-state index contributed by atoms with van der Waals surface area (Å²) in [6, 6.07) is -0.0629. The minimum Gasteiger partial charge on any atom is -0.372 e. The lowest BCUT2D eigenvalue weighted by Gasteiger charge is -2.37. The number of nitrogens with zero attached hydrogens (tertiary/aromatic N) is 5. The zero-order valence-corrected chi connectivity index (χ0v) is 17.7. The number of aliphatic hydroxyl groups excluding tert-OH is 1. The number of aliphatic hydroxyl groups is 1. The van der Waals surface area contributed by atoms with Crippen LogP contribution < -0.4 is 15.5 Å². The summed E-state index contributed by atoms with van der Waals surface area (Å²) in [5.41, 5.74) is 2.74. The highest BCUT2D eigenvalue weighted by Gasteiger charge is 2.30. The Morgan fingerprint density at radius 3 is 2.83 bits per heavy atom. The number of aryl methyl sites for hydroxylation is 2. The van der Waals surface area contributed by atoms with Gasteiger partial charge in [0.05, 0.1) is 17.9 Å². The first-order valence-corrected chi connectivity index (χ1v) is 10.8. The van der Waals surface area contributed by atoms with E-state index < -0.39 is 6.23 Å². The van der Waals surface area contributed by atoms with Gasteiger partial charge in [0.15, 0.2) is 5.82 Å². The third-order valence-corrected chi connectivity index (χ3v) is 6.39. The van der Waals surface area contributed by atoms with Crippen molar-refractivity contribution in [3.8, 4) is 0 Å². The molecule has 1 fully saturated rings. The number of nitrogens with one attached hydrogen (secondary N) is 2. The van der Waals surface area contributed by atoms with Crippen molar-refractivity contribution in [3.63, 3.8) is 0 Å². The summed E-state index contributed by atoms with van der Waals surface area (Å²) in [7, 11) is 1.94. The van der Waals surface area contributed by atoms with Crippen molar-refractivity contribution >= 4 is 17.5 Å². The van der Waals surface area contributed by atoms with Crippen LogP contribution in [0, 0.1) is 12.8 Å². The van der Waals surface area contributed by atoms with E-state index >= 15 is 0 Å². The molecule has 8 heteroatoms. The monoisotopic (exact) mass is 399 g/mol. The predicted octanol–water partition coefficient (Wildman–Crippen LogP) is 3.13. The Labute approximate surface area is 172 Å². The van der Waals surface area contributed by atoms with Crippen LogP contribution in [0.1, 0.15) is 56.7 Å². The van der Waals surface area contributed by atoms with Crippen LogP contribution in [0.3, 0.4) is 0 Å². The van der Waals surface area contributed by atoms with Crippen molar-refractivity contribution < 1.29 is 5.11 Å². The molecule has 1 saturated carbocycles. The Balaban J connectivity index is 1.36. The van der Waals surface area contributed by atoms with Crippen LogP contribution in [0.15, 0.2) is 12.4 Å². The zero-order chi connectivity index (χ0) is 20.4. The average Bonchev–Trinajstić information content (AvgIpc) is 3.19. The second-order valence-corrected chi connectivity index (χ2v) is 8.53. The third kappa shape index (κ3) is 4.47. The van der Waals surface area contributed by atoms with Gasteiger partial charge in [-0.15, -0.1) is 0 Å². The van der Waals surface area contributed by atoms with E-state index in [4.69, 9.17) is 0 Å². The minimum atomic E-state index is -0.631. The minimum absolute atomic E-state index is 0.0629. The Bertz CT molecular complexity index is 830. The van der Waals surface area contributed by atoms with Gasteiger partial charge in [-0.1, -0.05) is 32.1 Å². The van der Waals surface area contributed by atoms with Gasteiger partial charge in [0.2, 0.25) is 5.95 Å². The molecule has 1 aliphatic heterocycles. The molecule has 1 aliphatic carbocycles. The van der Waals surface area contributed by atoms with E-state index in [1.165, 1.54) is 38.5 Å². The maximum atomic E-state index is 10.1. The largest absolute Gasteiger partial charge is 0.372 e. The van der Waals surface area contributed by atoms with E-state index in [0.29, 0.717) is 12.5 Å². The zero-order valence-electron chi connectivity index (χ0n) is 17.7.